The Hall–Kier alpha value is -2.56. The monoisotopic (exact) mass is 327 g/mol. The maximum Gasteiger partial charge on any atom is 0.269 e. The minimum atomic E-state index is -0.154. The second-order valence-corrected chi connectivity index (χ2v) is 6.32. The SMILES string of the molecule is CC(C)CNC(=O)c1ccc(Nc2ccccc2OC(C)C)cn1. The van der Waals surface area contributed by atoms with E-state index in [1.807, 2.05) is 44.2 Å². The molecule has 0 aliphatic rings. The third-order valence-corrected chi connectivity index (χ3v) is 3.20. The highest BCUT2D eigenvalue weighted by molar-refractivity contribution is 5.92. The van der Waals surface area contributed by atoms with Gasteiger partial charge in [0.2, 0.25) is 0 Å². The number of carbonyl (C=O) groups excluding carboxylic acids is 1. The van der Waals surface area contributed by atoms with Gasteiger partial charge in [-0.05, 0) is 44.0 Å². The molecule has 128 valence electrons. The lowest BCUT2D eigenvalue weighted by atomic mass is 10.2. The molecule has 2 rings (SSSR count). The van der Waals surface area contributed by atoms with E-state index in [1.54, 1.807) is 12.3 Å². The van der Waals surface area contributed by atoms with Crippen LogP contribution in [0.3, 0.4) is 0 Å². The molecule has 2 N–H and O–H groups in total. The van der Waals surface area contributed by atoms with E-state index in [9.17, 15) is 4.79 Å². The highest BCUT2D eigenvalue weighted by Gasteiger charge is 2.09. The Labute approximate surface area is 143 Å². The molecule has 5 nitrogen and oxygen atoms in total. The molecule has 1 amide bonds. The van der Waals surface area contributed by atoms with E-state index >= 15 is 0 Å². The van der Waals surface area contributed by atoms with Crippen molar-refractivity contribution in [3.05, 3.63) is 48.3 Å². The summed E-state index contributed by atoms with van der Waals surface area (Å²) >= 11 is 0. The maximum atomic E-state index is 12.0. The molecule has 0 aliphatic heterocycles. The van der Waals surface area contributed by atoms with Gasteiger partial charge >= 0.3 is 0 Å². The first-order valence-electron chi connectivity index (χ1n) is 8.22. The average Bonchev–Trinajstić information content (AvgIpc) is 2.54. The van der Waals surface area contributed by atoms with Gasteiger partial charge < -0.3 is 15.4 Å². The van der Waals surface area contributed by atoms with Crippen LogP contribution in [0.4, 0.5) is 11.4 Å². The van der Waals surface area contributed by atoms with Gasteiger partial charge in [-0.1, -0.05) is 26.0 Å². The summed E-state index contributed by atoms with van der Waals surface area (Å²) in [5.41, 5.74) is 2.08. The van der Waals surface area contributed by atoms with Crippen LogP contribution in [0, 0.1) is 5.92 Å². The standard InChI is InChI=1S/C19H25N3O2/c1-13(2)11-21-19(23)17-10-9-15(12-20-17)22-16-7-5-6-8-18(16)24-14(3)4/h5-10,12-14,22H,11H2,1-4H3,(H,21,23). The number of ether oxygens (including phenoxy) is 1. The van der Waals surface area contributed by atoms with Crippen molar-refractivity contribution in [3.8, 4) is 5.75 Å². The number of nitrogens with zero attached hydrogens (tertiary/aromatic N) is 1. The normalized spacial score (nSPS) is 10.8. The van der Waals surface area contributed by atoms with Crippen LogP contribution in [-0.2, 0) is 0 Å². The summed E-state index contributed by atoms with van der Waals surface area (Å²) in [6, 6.07) is 11.3. The van der Waals surface area contributed by atoms with Crippen LogP contribution in [0.2, 0.25) is 0 Å². The summed E-state index contributed by atoms with van der Waals surface area (Å²) in [5, 5.41) is 6.13. The first-order chi connectivity index (χ1) is 11.5. The number of rotatable bonds is 7. The van der Waals surface area contributed by atoms with Crippen molar-refractivity contribution in [1.82, 2.24) is 10.3 Å². The minimum Gasteiger partial charge on any atom is -0.489 e. The number of nitrogens with one attached hydrogen (secondary N) is 2. The highest BCUT2D eigenvalue weighted by Crippen LogP contribution is 2.27. The summed E-state index contributed by atoms with van der Waals surface area (Å²) < 4.78 is 5.79. The molecule has 0 fully saturated rings. The zero-order valence-electron chi connectivity index (χ0n) is 14.7. The van der Waals surface area contributed by atoms with Crippen LogP contribution in [0.15, 0.2) is 42.6 Å². The number of para-hydroxylation sites is 2. The highest BCUT2D eigenvalue weighted by atomic mass is 16.5. The van der Waals surface area contributed by atoms with Gasteiger partial charge in [0.05, 0.1) is 23.7 Å². The van der Waals surface area contributed by atoms with Gasteiger partial charge in [-0.15, -0.1) is 0 Å². The lowest BCUT2D eigenvalue weighted by Crippen LogP contribution is -2.27. The number of anilines is 2. The topological polar surface area (TPSA) is 63.2 Å². The molecule has 0 bridgehead atoms. The Kier molecular flexibility index (Phi) is 6.18. The van der Waals surface area contributed by atoms with Gasteiger partial charge in [-0.25, -0.2) is 4.98 Å². The predicted molar refractivity (Wildman–Crippen MR) is 96.9 cm³/mol. The zero-order valence-corrected chi connectivity index (χ0v) is 14.7. The molecule has 0 aliphatic carbocycles. The molecule has 5 heteroatoms. The van der Waals surface area contributed by atoms with Crippen LogP contribution in [0.25, 0.3) is 0 Å². The van der Waals surface area contributed by atoms with Gasteiger partial charge in [0.25, 0.3) is 5.91 Å². The van der Waals surface area contributed by atoms with Crippen LogP contribution >= 0.6 is 0 Å². The maximum absolute atomic E-state index is 12.0. The van der Waals surface area contributed by atoms with Crippen molar-refractivity contribution in [2.75, 3.05) is 11.9 Å². The Morgan fingerprint density at radius 1 is 1.12 bits per heavy atom. The summed E-state index contributed by atoms with van der Waals surface area (Å²) in [5.74, 6) is 1.04. The zero-order chi connectivity index (χ0) is 17.5. The number of benzene rings is 1. The third-order valence-electron chi connectivity index (χ3n) is 3.20. The Bertz CT molecular complexity index is 667. The molecule has 24 heavy (non-hydrogen) atoms. The van der Waals surface area contributed by atoms with Crippen LogP contribution < -0.4 is 15.4 Å². The van der Waals surface area contributed by atoms with Crippen molar-refractivity contribution >= 4 is 17.3 Å². The molecule has 0 atom stereocenters. The number of pyridine rings is 1. The lowest BCUT2D eigenvalue weighted by Gasteiger charge is -2.15. The number of aromatic nitrogens is 1. The number of hydrogen-bond acceptors (Lipinski definition) is 4. The van der Waals surface area contributed by atoms with E-state index in [0.717, 1.165) is 17.1 Å². The van der Waals surface area contributed by atoms with Crippen molar-refractivity contribution < 1.29 is 9.53 Å². The Balaban J connectivity index is 2.05. The molecule has 0 saturated carbocycles. The first kappa shape index (κ1) is 17.8. The average molecular weight is 327 g/mol. The lowest BCUT2D eigenvalue weighted by molar-refractivity contribution is 0.0944. The van der Waals surface area contributed by atoms with E-state index < -0.39 is 0 Å². The first-order valence-corrected chi connectivity index (χ1v) is 8.22. The second kappa shape index (κ2) is 8.34. The van der Waals surface area contributed by atoms with E-state index in [4.69, 9.17) is 4.74 Å². The van der Waals surface area contributed by atoms with Crippen LogP contribution in [0.1, 0.15) is 38.2 Å². The molecular weight excluding hydrogens is 302 g/mol. The molecule has 0 saturated heterocycles. The number of hydrogen-bond donors (Lipinski definition) is 2. The van der Waals surface area contributed by atoms with Gasteiger partial charge in [0.1, 0.15) is 11.4 Å². The fourth-order valence-corrected chi connectivity index (χ4v) is 2.07. The van der Waals surface area contributed by atoms with Crippen LogP contribution in [0.5, 0.6) is 5.75 Å². The van der Waals surface area contributed by atoms with Crippen molar-refractivity contribution in [3.63, 3.8) is 0 Å². The van der Waals surface area contributed by atoms with Crippen molar-refractivity contribution in [1.29, 1.82) is 0 Å². The fraction of sp³-hybridized carbons (Fsp3) is 0.368. The molecular formula is C19H25N3O2. The van der Waals surface area contributed by atoms with Crippen molar-refractivity contribution in [2.45, 2.75) is 33.8 Å². The van der Waals surface area contributed by atoms with Crippen LogP contribution in [-0.4, -0.2) is 23.5 Å². The van der Waals surface area contributed by atoms with E-state index in [-0.39, 0.29) is 12.0 Å². The quantitative estimate of drug-likeness (QED) is 0.807. The van der Waals surface area contributed by atoms with E-state index in [2.05, 4.69) is 29.5 Å². The summed E-state index contributed by atoms with van der Waals surface area (Å²) in [4.78, 5) is 16.2. The van der Waals surface area contributed by atoms with Gasteiger partial charge in [0.15, 0.2) is 0 Å². The van der Waals surface area contributed by atoms with Gasteiger partial charge in [-0.2, -0.15) is 0 Å². The fourth-order valence-electron chi connectivity index (χ4n) is 2.07. The molecule has 1 heterocycles. The van der Waals surface area contributed by atoms with E-state index in [0.29, 0.717) is 18.2 Å². The molecule has 0 radical (unpaired) electrons. The molecule has 2 aromatic rings. The summed E-state index contributed by atoms with van der Waals surface area (Å²) in [7, 11) is 0. The Morgan fingerprint density at radius 2 is 1.88 bits per heavy atom. The summed E-state index contributed by atoms with van der Waals surface area (Å²) in [6.45, 7) is 8.72. The molecule has 0 spiro atoms. The summed E-state index contributed by atoms with van der Waals surface area (Å²) in [6.07, 6.45) is 1.74. The number of carbonyl (C=O) groups is 1. The largest absolute Gasteiger partial charge is 0.489 e. The smallest absolute Gasteiger partial charge is 0.269 e. The molecule has 0 unspecified atom stereocenters. The Morgan fingerprint density at radius 3 is 2.50 bits per heavy atom. The molecule has 1 aromatic heterocycles. The van der Waals surface area contributed by atoms with Gasteiger partial charge in [-0.3, -0.25) is 4.79 Å². The predicted octanol–water partition coefficient (Wildman–Crippen LogP) is 4.00. The van der Waals surface area contributed by atoms with Crippen molar-refractivity contribution in [2.24, 2.45) is 5.92 Å². The van der Waals surface area contributed by atoms with E-state index in [1.165, 1.54) is 0 Å². The van der Waals surface area contributed by atoms with Gasteiger partial charge in [0, 0.05) is 6.54 Å². The number of amides is 1. The third kappa shape index (κ3) is 5.26. The minimum absolute atomic E-state index is 0.0955. The molecule has 1 aromatic carbocycles. The second-order valence-electron chi connectivity index (χ2n) is 6.32.